The van der Waals surface area contributed by atoms with Crippen molar-refractivity contribution in [3.8, 4) is 5.88 Å². The van der Waals surface area contributed by atoms with Crippen LogP contribution in [-0.4, -0.2) is 27.4 Å². The first-order valence-corrected chi connectivity index (χ1v) is 4.73. The highest BCUT2D eigenvalue weighted by molar-refractivity contribution is 6.07. The van der Waals surface area contributed by atoms with Gasteiger partial charge in [-0.15, -0.1) is 0 Å². The summed E-state index contributed by atoms with van der Waals surface area (Å²) in [5.74, 6) is 0.328. The van der Waals surface area contributed by atoms with E-state index >= 15 is 0 Å². The molecule has 0 spiro atoms. The van der Waals surface area contributed by atoms with Crippen molar-refractivity contribution in [1.29, 1.82) is 0 Å². The van der Waals surface area contributed by atoms with Crippen LogP contribution in [0.3, 0.4) is 0 Å². The summed E-state index contributed by atoms with van der Waals surface area (Å²) < 4.78 is 6.64. The molecule has 0 aliphatic rings. The fourth-order valence-corrected chi connectivity index (χ4v) is 1.39. The summed E-state index contributed by atoms with van der Waals surface area (Å²) >= 11 is 0. The Morgan fingerprint density at radius 1 is 1.50 bits per heavy atom. The van der Waals surface area contributed by atoms with Crippen molar-refractivity contribution in [2.45, 2.75) is 0 Å². The van der Waals surface area contributed by atoms with Gasteiger partial charge in [-0.1, -0.05) is 0 Å². The minimum absolute atomic E-state index is 0.0966. The number of hydrogen-bond donors (Lipinski definition) is 0. The molecule has 0 amide bonds. The number of ether oxygens (including phenoxy) is 1. The average molecular weight is 217 g/mol. The molecule has 0 unspecified atom stereocenters. The highest BCUT2D eigenvalue weighted by atomic mass is 16.5. The van der Waals surface area contributed by atoms with Crippen molar-refractivity contribution in [1.82, 2.24) is 14.5 Å². The number of carbonyl (C=O) groups excluding carboxylic acids is 1. The van der Waals surface area contributed by atoms with Crippen LogP contribution < -0.4 is 4.74 Å². The van der Waals surface area contributed by atoms with Gasteiger partial charge >= 0.3 is 0 Å². The van der Waals surface area contributed by atoms with Gasteiger partial charge in [0.25, 0.3) is 0 Å². The SMILES string of the molecule is COc1cc(C(=O)c2cncn2C)ccn1. The summed E-state index contributed by atoms with van der Waals surface area (Å²) in [6.07, 6.45) is 4.67. The van der Waals surface area contributed by atoms with Gasteiger partial charge in [-0.25, -0.2) is 9.97 Å². The Balaban J connectivity index is 2.38. The summed E-state index contributed by atoms with van der Waals surface area (Å²) in [7, 11) is 3.29. The van der Waals surface area contributed by atoms with Crippen molar-refractivity contribution in [3.05, 3.63) is 42.1 Å². The number of ketones is 1. The van der Waals surface area contributed by atoms with Crippen LogP contribution in [0.25, 0.3) is 0 Å². The lowest BCUT2D eigenvalue weighted by Crippen LogP contribution is -2.07. The third kappa shape index (κ3) is 1.79. The molecule has 0 saturated carbocycles. The average Bonchev–Trinajstić information content (AvgIpc) is 2.74. The highest BCUT2D eigenvalue weighted by Crippen LogP contribution is 2.13. The van der Waals surface area contributed by atoms with Crippen LogP contribution in [-0.2, 0) is 7.05 Å². The molecule has 0 aromatic carbocycles. The number of aryl methyl sites for hydroxylation is 1. The molecule has 0 bridgehead atoms. The van der Waals surface area contributed by atoms with Crippen LogP contribution in [0.4, 0.5) is 0 Å². The first-order valence-electron chi connectivity index (χ1n) is 4.73. The zero-order chi connectivity index (χ0) is 11.5. The smallest absolute Gasteiger partial charge is 0.213 e. The molecule has 0 aliphatic heterocycles. The number of pyridine rings is 1. The van der Waals surface area contributed by atoms with E-state index in [0.29, 0.717) is 17.1 Å². The van der Waals surface area contributed by atoms with Crippen LogP contribution in [0.5, 0.6) is 5.88 Å². The highest BCUT2D eigenvalue weighted by Gasteiger charge is 2.13. The van der Waals surface area contributed by atoms with Crippen molar-refractivity contribution in [3.63, 3.8) is 0 Å². The molecule has 2 aromatic heterocycles. The van der Waals surface area contributed by atoms with Gasteiger partial charge in [0.2, 0.25) is 11.7 Å². The minimum Gasteiger partial charge on any atom is -0.481 e. The van der Waals surface area contributed by atoms with Crippen molar-refractivity contribution in [2.75, 3.05) is 7.11 Å². The van der Waals surface area contributed by atoms with E-state index in [2.05, 4.69) is 9.97 Å². The number of carbonyl (C=O) groups is 1. The van der Waals surface area contributed by atoms with Crippen LogP contribution in [0.2, 0.25) is 0 Å². The molecular weight excluding hydrogens is 206 g/mol. The molecule has 0 atom stereocenters. The first kappa shape index (κ1) is 10.4. The van der Waals surface area contributed by atoms with E-state index in [0.717, 1.165) is 0 Å². The standard InChI is InChI=1S/C11H11N3O2/c1-14-7-12-6-9(14)11(15)8-3-4-13-10(5-8)16-2/h3-7H,1-2H3. The second-order valence-electron chi connectivity index (χ2n) is 3.31. The molecule has 0 radical (unpaired) electrons. The molecule has 5 nitrogen and oxygen atoms in total. The van der Waals surface area contributed by atoms with E-state index in [4.69, 9.17) is 4.74 Å². The zero-order valence-electron chi connectivity index (χ0n) is 9.04. The maximum atomic E-state index is 12.1. The van der Waals surface area contributed by atoms with Gasteiger partial charge in [0, 0.05) is 24.9 Å². The first-order chi connectivity index (χ1) is 7.72. The lowest BCUT2D eigenvalue weighted by Gasteiger charge is -2.03. The van der Waals surface area contributed by atoms with Crippen molar-refractivity contribution >= 4 is 5.78 Å². The maximum absolute atomic E-state index is 12.1. The zero-order valence-corrected chi connectivity index (χ0v) is 9.04. The number of aromatic nitrogens is 3. The predicted molar refractivity (Wildman–Crippen MR) is 57.4 cm³/mol. The van der Waals surface area contributed by atoms with Gasteiger partial charge in [-0.05, 0) is 6.07 Å². The van der Waals surface area contributed by atoms with Gasteiger partial charge in [-0.3, -0.25) is 4.79 Å². The van der Waals surface area contributed by atoms with Crippen LogP contribution in [0.15, 0.2) is 30.9 Å². The molecular formula is C11H11N3O2. The van der Waals surface area contributed by atoms with E-state index in [-0.39, 0.29) is 5.78 Å². The fraction of sp³-hybridized carbons (Fsp3) is 0.182. The van der Waals surface area contributed by atoms with E-state index in [1.807, 2.05) is 0 Å². The molecule has 0 fully saturated rings. The molecule has 0 aliphatic carbocycles. The summed E-state index contributed by atoms with van der Waals surface area (Å²) in [5, 5.41) is 0. The summed E-state index contributed by atoms with van der Waals surface area (Å²) in [6.45, 7) is 0. The van der Waals surface area contributed by atoms with E-state index in [1.165, 1.54) is 13.3 Å². The largest absolute Gasteiger partial charge is 0.481 e. The maximum Gasteiger partial charge on any atom is 0.213 e. The third-order valence-corrected chi connectivity index (χ3v) is 2.26. The van der Waals surface area contributed by atoms with Crippen molar-refractivity contribution < 1.29 is 9.53 Å². The molecule has 0 N–H and O–H groups in total. The second kappa shape index (κ2) is 4.14. The van der Waals surface area contributed by atoms with Crippen LogP contribution in [0.1, 0.15) is 16.1 Å². The third-order valence-electron chi connectivity index (χ3n) is 2.26. The lowest BCUT2D eigenvalue weighted by molar-refractivity contribution is 0.103. The summed E-state index contributed by atoms with van der Waals surface area (Å²) in [4.78, 5) is 19.9. The van der Waals surface area contributed by atoms with E-state index in [9.17, 15) is 4.79 Å². The molecule has 5 heteroatoms. The summed E-state index contributed by atoms with van der Waals surface area (Å²) in [6, 6.07) is 3.26. The predicted octanol–water partition coefficient (Wildman–Crippen LogP) is 1.05. The Bertz CT molecular complexity index is 519. The Labute approximate surface area is 92.7 Å². The van der Waals surface area contributed by atoms with Crippen LogP contribution in [0, 0.1) is 0 Å². The molecule has 16 heavy (non-hydrogen) atoms. The molecule has 82 valence electrons. The van der Waals surface area contributed by atoms with Gasteiger partial charge in [-0.2, -0.15) is 0 Å². The Kier molecular flexibility index (Phi) is 2.68. The lowest BCUT2D eigenvalue weighted by atomic mass is 10.1. The van der Waals surface area contributed by atoms with E-state index in [1.54, 1.807) is 36.3 Å². The molecule has 2 rings (SSSR count). The Morgan fingerprint density at radius 3 is 2.94 bits per heavy atom. The minimum atomic E-state index is -0.0966. The normalized spacial score (nSPS) is 10.1. The van der Waals surface area contributed by atoms with Crippen molar-refractivity contribution in [2.24, 2.45) is 7.05 Å². The van der Waals surface area contributed by atoms with E-state index < -0.39 is 0 Å². The number of imidazole rings is 1. The monoisotopic (exact) mass is 217 g/mol. The Hall–Kier alpha value is -2.17. The van der Waals surface area contributed by atoms with Crippen LogP contribution >= 0.6 is 0 Å². The van der Waals surface area contributed by atoms with Gasteiger partial charge in [0.05, 0.1) is 19.6 Å². The number of hydrogen-bond acceptors (Lipinski definition) is 4. The second-order valence-corrected chi connectivity index (χ2v) is 3.31. The number of methoxy groups -OCH3 is 1. The molecule has 2 heterocycles. The number of nitrogens with zero attached hydrogens (tertiary/aromatic N) is 3. The quantitative estimate of drug-likeness (QED) is 0.721. The van der Waals surface area contributed by atoms with Gasteiger partial charge in [0.1, 0.15) is 5.69 Å². The molecule has 0 saturated heterocycles. The Morgan fingerprint density at radius 2 is 2.31 bits per heavy atom. The fourth-order valence-electron chi connectivity index (χ4n) is 1.39. The van der Waals surface area contributed by atoms with Gasteiger partial charge in [0.15, 0.2) is 0 Å². The molecule has 2 aromatic rings. The summed E-state index contributed by atoms with van der Waals surface area (Å²) in [5.41, 5.74) is 1.07. The van der Waals surface area contributed by atoms with Gasteiger partial charge < -0.3 is 9.30 Å². The topological polar surface area (TPSA) is 57.0 Å². The number of rotatable bonds is 3.